The van der Waals surface area contributed by atoms with Crippen LogP contribution in [0.4, 0.5) is 4.39 Å². The lowest BCUT2D eigenvalue weighted by Gasteiger charge is -2.26. The van der Waals surface area contributed by atoms with Crippen molar-refractivity contribution < 1.29 is 14.3 Å². The van der Waals surface area contributed by atoms with E-state index in [0.29, 0.717) is 12.1 Å². The third-order valence-corrected chi connectivity index (χ3v) is 3.01. The summed E-state index contributed by atoms with van der Waals surface area (Å²) >= 11 is 0. The topological polar surface area (TPSA) is 49.3 Å². The van der Waals surface area contributed by atoms with Crippen LogP contribution >= 0.6 is 0 Å². The van der Waals surface area contributed by atoms with Crippen LogP contribution in [0.1, 0.15) is 31.4 Å². The van der Waals surface area contributed by atoms with Gasteiger partial charge >= 0.3 is 0 Å². The van der Waals surface area contributed by atoms with Gasteiger partial charge in [0.25, 0.3) is 0 Å². The zero-order valence-corrected chi connectivity index (χ0v) is 11.1. The molecule has 100 valence electrons. The molecule has 0 atom stereocenters. The molecular formula is C14H20FNO2. The summed E-state index contributed by atoms with van der Waals surface area (Å²) in [6, 6.07) is 4.98. The highest BCUT2D eigenvalue weighted by Gasteiger charge is 2.21. The Morgan fingerprint density at radius 1 is 1.44 bits per heavy atom. The van der Waals surface area contributed by atoms with E-state index in [4.69, 9.17) is 5.11 Å². The lowest BCUT2D eigenvalue weighted by atomic mass is 9.84. The van der Waals surface area contributed by atoms with Crippen LogP contribution in [0.15, 0.2) is 18.2 Å². The molecule has 1 aromatic rings. The van der Waals surface area contributed by atoms with Gasteiger partial charge in [-0.15, -0.1) is 0 Å². The molecule has 0 aromatic heterocycles. The maximum atomic E-state index is 13.2. The Morgan fingerprint density at radius 3 is 2.67 bits per heavy atom. The minimum absolute atomic E-state index is 0.110. The third kappa shape index (κ3) is 3.81. The van der Waals surface area contributed by atoms with E-state index in [1.165, 1.54) is 6.07 Å². The van der Waals surface area contributed by atoms with Gasteiger partial charge in [-0.25, -0.2) is 4.39 Å². The van der Waals surface area contributed by atoms with E-state index in [1.807, 2.05) is 13.8 Å². The van der Waals surface area contributed by atoms with E-state index in [9.17, 15) is 9.18 Å². The molecular weight excluding hydrogens is 233 g/mol. The number of aryl methyl sites for hydroxylation is 1. The number of rotatable bonds is 5. The Hall–Kier alpha value is -1.42. The molecule has 4 heteroatoms. The Kier molecular flexibility index (Phi) is 4.84. The van der Waals surface area contributed by atoms with E-state index in [1.54, 1.807) is 19.1 Å². The molecule has 3 nitrogen and oxygen atoms in total. The maximum absolute atomic E-state index is 13.2. The summed E-state index contributed by atoms with van der Waals surface area (Å²) in [7, 11) is 0. The quantitative estimate of drug-likeness (QED) is 0.842. The van der Waals surface area contributed by atoms with Crippen molar-refractivity contribution in [2.75, 3.05) is 13.2 Å². The van der Waals surface area contributed by atoms with Crippen LogP contribution in [0.25, 0.3) is 0 Å². The van der Waals surface area contributed by atoms with Crippen LogP contribution in [0.2, 0.25) is 0 Å². The van der Waals surface area contributed by atoms with E-state index >= 15 is 0 Å². The van der Waals surface area contributed by atoms with Gasteiger partial charge < -0.3 is 10.4 Å². The summed E-state index contributed by atoms with van der Waals surface area (Å²) in [4.78, 5) is 11.3. The Bertz CT molecular complexity index is 430. The molecule has 1 aromatic carbocycles. The van der Waals surface area contributed by atoms with Crippen molar-refractivity contribution in [3.8, 4) is 0 Å². The predicted octanol–water partition coefficient (Wildman–Crippen LogP) is 1.91. The molecule has 0 unspecified atom stereocenters. The highest BCUT2D eigenvalue weighted by Crippen LogP contribution is 2.24. The average molecular weight is 253 g/mol. The molecule has 0 fully saturated rings. The zero-order chi connectivity index (χ0) is 13.8. The summed E-state index contributed by atoms with van der Waals surface area (Å²) in [6.45, 7) is 6.00. The molecule has 0 spiro atoms. The van der Waals surface area contributed by atoms with Gasteiger partial charge in [0, 0.05) is 18.4 Å². The summed E-state index contributed by atoms with van der Waals surface area (Å²) in [5, 5.41) is 11.4. The molecule has 1 rings (SSSR count). The third-order valence-electron chi connectivity index (χ3n) is 3.01. The number of nitrogens with one attached hydrogen (secondary N) is 1. The SMILES string of the molecule is Cc1cc(C(C)(C)CNC(=O)CCO)ccc1F. The number of hydrogen-bond donors (Lipinski definition) is 2. The van der Waals surface area contributed by atoms with Crippen molar-refractivity contribution in [1.82, 2.24) is 5.32 Å². The first kappa shape index (κ1) is 14.6. The number of aliphatic hydroxyl groups is 1. The second kappa shape index (κ2) is 5.96. The minimum atomic E-state index is -0.274. The molecule has 0 aliphatic carbocycles. The number of aliphatic hydroxyl groups excluding tert-OH is 1. The van der Waals surface area contributed by atoms with Gasteiger partial charge in [0.05, 0.1) is 6.61 Å². The lowest BCUT2D eigenvalue weighted by molar-refractivity contribution is -0.121. The van der Waals surface area contributed by atoms with Crippen LogP contribution in [0.5, 0.6) is 0 Å². The van der Waals surface area contributed by atoms with Gasteiger partial charge in [0.15, 0.2) is 0 Å². The van der Waals surface area contributed by atoms with Crippen LogP contribution in [-0.4, -0.2) is 24.2 Å². The van der Waals surface area contributed by atoms with E-state index in [0.717, 1.165) is 5.56 Å². The fraction of sp³-hybridized carbons (Fsp3) is 0.500. The summed E-state index contributed by atoms with van der Waals surface area (Å²) < 4.78 is 13.2. The van der Waals surface area contributed by atoms with Gasteiger partial charge in [-0.05, 0) is 24.1 Å². The lowest BCUT2D eigenvalue weighted by Crippen LogP contribution is -2.37. The van der Waals surface area contributed by atoms with Crippen LogP contribution in [0.3, 0.4) is 0 Å². The molecule has 0 bridgehead atoms. The second-order valence-corrected chi connectivity index (χ2v) is 5.10. The Labute approximate surface area is 107 Å². The first-order valence-corrected chi connectivity index (χ1v) is 6.01. The average Bonchev–Trinajstić information content (AvgIpc) is 2.30. The second-order valence-electron chi connectivity index (χ2n) is 5.10. The van der Waals surface area contributed by atoms with Crippen LogP contribution < -0.4 is 5.32 Å². The fourth-order valence-electron chi connectivity index (χ4n) is 1.68. The molecule has 0 saturated heterocycles. The first-order valence-electron chi connectivity index (χ1n) is 6.01. The smallest absolute Gasteiger partial charge is 0.222 e. The largest absolute Gasteiger partial charge is 0.396 e. The fourth-order valence-corrected chi connectivity index (χ4v) is 1.68. The van der Waals surface area contributed by atoms with Crippen molar-refractivity contribution in [3.05, 3.63) is 35.1 Å². The van der Waals surface area contributed by atoms with Crippen molar-refractivity contribution in [2.24, 2.45) is 0 Å². The molecule has 2 N–H and O–H groups in total. The number of benzene rings is 1. The monoisotopic (exact) mass is 253 g/mol. The Balaban J connectivity index is 2.73. The number of halogens is 1. The molecule has 0 aliphatic rings. The number of hydrogen-bond acceptors (Lipinski definition) is 2. The summed E-state index contributed by atoms with van der Waals surface area (Å²) in [5.41, 5.74) is 1.30. The number of carbonyl (C=O) groups excluding carboxylic acids is 1. The first-order chi connectivity index (χ1) is 8.36. The van der Waals surface area contributed by atoms with Crippen LogP contribution in [0, 0.1) is 12.7 Å². The maximum Gasteiger partial charge on any atom is 0.222 e. The molecule has 1 amide bonds. The molecule has 0 saturated carbocycles. The van der Waals surface area contributed by atoms with Gasteiger partial charge in [0.2, 0.25) is 5.91 Å². The molecule has 0 aliphatic heterocycles. The van der Waals surface area contributed by atoms with Crippen molar-refractivity contribution >= 4 is 5.91 Å². The van der Waals surface area contributed by atoms with Gasteiger partial charge in [-0.3, -0.25) is 4.79 Å². The number of amides is 1. The van der Waals surface area contributed by atoms with Gasteiger partial charge in [0.1, 0.15) is 5.82 Å². The summed E-state index contributed by atoms with van der Waals surface area (Å²) in [6.07, 6.45) is 0.110. The predicted molar refractivity (Wildman–Crippen MR) is 68.9 cm³/mol. The molecule has 18 heavy (non-hydrogen) atoms. The Morgan fingerprint density at radius 2 is 2.11 bits per heavy atom. The normalized spacial score (nSPS) is 11.4. The minimum Gasteiger partial charge on any atom is -0.396 e. The number of carbonyl (C=O) groups is 1. The van der Waals surface area contributed by atoms with Crippen molar-refractivity contribution in [2.45, 2.75) is 32.6 Å². The highest BCUT2D eigenvalue weighted by atomic mass is 19.1. The summed E-state index contributed by atoms with van der Waals surface area (Å²) in [5.74, 6) is -0.400. The van der Waals surface area contributed by atoms with E-state index in [2.05, 4.69) is 5.32 Å². The highest BCUT2D eigenvalue weighted by molar-refractivity contribution is 5.76. The van der Waals surface area contributed by atoms with Crippen molar-refractivity contribution in [1.29, 1.82) is 0 Å². The van der Waals surface area contributed by atoms with Gasteiger partial charge in [-0.2, -0.15) is 0 Å². The van der Waals surface area contributed by atoms with E-state index in [-0.39, 0.29) is 30.2 Å². The van der Waals surface area contributed by atoms with Crippen LogP contribution in [-0.2, 0) is 10.2 Å². The molecule has 0 radical (unpaired) electrons. The zero-order valence-electron chi connectivity index (χ0n) is 11.1. The van der Waals surface area contributed by atoms with E-state index < -0.39 is 0 Å². The van der Waals surface area contributed by atoms with Crippen molar-refractivity contribution in [3.63, 3.8) is 0 Å². The molecule has 0 heterocycles. The van der Waals surface area contributed by atoms with Gasteiger partial charge in [-0.1, -0.05) is 26.0 Å². The standard InChI is InChI=1S/C14H20FNO2/c1-10-8-11(4-5-12(10)15)14(2,3)9-16-13(18)6-7-17/h4-5,8,17H,6-7,9H2,1-3H3,(H,16,18).